The number of benzene rings is 1. The van der Waals surface area contributed by atoms with E-state index in [0.717, 1.165) is 0 Å². The predicted octanol–water partition coefficient (Wildman–Crippen LogP) is 4.00. The smallest absolute Gasteiger partial charge is 0.138 e. The lowest BCUT2D eigenvalue weighted by molar-refractivity contribution is 0.0209. The molecule has 1 aromatic carbocycles. The van der Waals surface area contributed by atoms with Crippen LogP contribution < -0.4 is 4.74 Å². The molecule has 1 aromatic rings. The summed E-state index contributed by atoms with van der Waals surface area (Å²) in [6.45, 7) is 5.31. The number of piperidine rings is 1. The third-order valence-corrected chi connectivity index (χ3v) is 4.65. The van der Waals surface area contributed by atoms with Crippen molar-refractivity contribution in [3.05, 3.63) is 28.2 Å². The second-order valence-corrected chi connectivity index (χ2v) is 6.71. The lowest BCUT2D eigenvalue weighted by atomic mass is 9.97. The summed E-state index contributed by atoms with van der Waals surface area (Å²) in [5, 5.41) is 11.2. The molecular weight excluding hydrogens is 309 g/mol. The van der Waals surface area contributed by atoms with Gasteiger partial charge >= 0.3 is 0 Å². The molecule has 0 saturated carbocycles. The Bertz CT molecular complexity index is 460. The molecule has 1 aliphatic heterocycles. The SMILES string of the molecule is C[C@H]1CCC[C@H](C)N1C[C@@H](O)COc1ccc(Cl)cc1Cl. The highest BCUT2D eigenvalue weighted by molar-refractivity contribution is 6.35. The number of ether oxygens (including phenoxy) is 1. The van der Waals surface area contributed by atoms with E-state index in [2.05, 4.69) is 18.7 Å². The summed E-state index contributed by atoms with van der Waals surface area (Å²) in [6, 6.07) is 6.12. The van der Waals surface area contributed by atoms with Gasteiger partial charge in [-0.1, -0.05) is 29.6 Å². The van der Waals surface area contributed by atoms with Crippen molar-refractivity contribution in [3.8, 4) is 5.75 Å². The monoisotopic (exact) mass is 331 g/mol. The summed E-state index contributed by atoms with van der Waals surface area (Å²) in [5.74, 6) is 0.555. The fourth-order valence-electron chi connectivity index (χ4n) is 2.91. The molecule has 1 N–H and O–H groups in total. The standard InChI is InChI=1S/C16H23Cl2NO2/c1-11-4-3-5-12(2)19(11)9-14(20)10-21-16-7-6-13(17)8-15(16)18/h6-8,11-12,14,20H,3-5,9-10H2,1-2H3/t11-,12-,14+/m0/s1. The lowest BCUT2D eigenvalue weighted by Crippen LogP contribution is -2.48. The summed E-state index contributed by atoms with van der Waals surface area (Å²) < 4.78 is 5.60. The number of hydrogen-bond donors (Lipinski definition) is 1. The molecule has 0 bridgehead atoms. The van der Waals surface area contributed by atoms with Gasteiger partial charge in [-0.25, -0.2) is 0 Å². The number of nitrogens with zero attached hydrogens (tertiary/aromatic N) is 1. The van der Waals surface area contributed by atoms with E-state index in [1.54, 1.807) is 18.2 Å². The molecule has 1 fully saturated rings. The van der Waals surface area contributed by atoms with Crippen LogP contribution in [0.4, 0.5) is 0 Å². The van der Waals surface area contributed by atoms with E-state index in [-0.39, 0.29) is 6.61 Å². The number of aliphatic hydroxyl groups excluding tert-OH is 1. The van der Waals surface area contributed by atoms with E-state index >= 15 is 0 Å². The first-order valence-corrected chi connectivity index (χ1v) is 8.24. The Balaban J connectivity index is 1.85. The Morgan fingerprint density at radius 2 is 1.95 bits per heavy atom. The molecule has 0 aliphatic carbocycles. The Morgan fingerprint density at radius 1 is 1.29 bits per heavy atom. The van der Waals surface area contributed by atoms with Crippen molar-refractivity contribution in [1.82, 2.24) is 4.90 Å². The fourth-order valence-corrected chi connectivity index (χ4v) is 3.37. The Kier molecular flexibility index (Phi) is 6.18. The van der Waals surface area contributed by atoms with Crippen molar-refractivity contribution >= 4 is 23.2 Å². The minimum Gasteiger partial charge on any atom is -0.489 e. The fraction of sp³-hybridized carbons (Fsp3) is 0.625. The average molecular weight is 332 g/mol. The molecular formula is C16H23Cl2NO2. The van der Waals surface area contributed by atoms with Crippen molar-refractivity contribution in [2.45, 2.75) is 51.3 Å². The third-order valence-electron chi connectivity index (χ3n) is 4.12. The zero-order valence-corrected chi connectivity index (χ0v) is 14.1. The Morgan fingerprint density at radius 3 is 2.57 bits per heavy atom. The first kappa shape index (κ1) is 16.9. The minimum atomic E-state index is -0.528. The van der Waals surface area contributed by atoms with Crippen LogP contribution in [0, 0.1) is 0 Å². The van der Waals surface area contributed by atoms with Gasteiger partial charge in [0.1, 0.15) is 18.5 Å². The van der Waals surface area contributed by atoms with E-state index in [1.165, 1.54) is 19.3 Å². The Labute approximate surface area is 136 Å². The number of halogens is 2. The summed E-state index contributed by atoms with van der Waals surface area (Å²) >= 11 is 11.9. The van der Waals surface area contributed by atoms with Gasteiger partial charge in [0.15, 0.2) is 0 Å². The van der Waals surface area contributed by atoms with Crippen LogP contribution in [0.1, 0.15) is 33.1 Å². The molecule has 1 saturated heterocycles. The largest absolute Gasteiger partial charge is 0.489 e. The quantitative estimate of drug-likeness (QED) is 0.885. The van der Waals surface area contributed by atoms with Crippen LogP contribution >= 0.6 is 23.2 Å². The second-order valence-electron chi connectivity index (χ2n) is 5.87. The highest BCUT2D eigenvalue weighted by Gasteiger charge is 2.26. The van der Waals surface area contributed by atoms with E-state index in [9.17, 15) is 5.11 Å². The molecule has 5 heteroatoms. The maximum atomic E-state index is 10.2. The van der Waals surface area contributed by atoms with Crippen LogP contribution in [0.25, 0.3) is 0 Å². The lowest BCUT2D eigenvalue weighted by Gasteiger charge is -2.40. The number of hydrogen-bond acceptors (Lipinski definition) is 3. The molecule has 1 aliphatic rings. The van der Waals surface area contributed by atoms with Gasteiger partial charge < -0.3 is 9.84 Å². The van der Waals surface area contributed by atoms with Crippen molar-refractivity contribution in [2.24, 2.45) is 0 Å². The van der Waals surface area contributed by atoms with Crippen LogP contribution in [-0.4, -0.2) is 41.3 Å². The zero-order chi connectivity index (χ0) is 15.4. The van der Waals surface area contributed by atoms with Gasteiger partial charge in [-0.3, -0.25) is 4.90 Å². The van der Waals surface area contributed by atoms with Crippen LogP contribution in [0.3, 0.4) is 0 Å². The first-order valence-electron chi connectivity index (χ1n) is 7.49. The van der Waals surface area contributed by atoms with Gasteiger partial charge in [-0.2, -0.15) is 0 Å². The topological polar surface area (TPSA) is 32.7 Å². The first-order chi connectivity index (χ1) is 9.97. The van der Waals surface area contributed by atoms with Crippen molar-refractivity contribution in [1.29, 1.82) is 0 Å². The third kappa shape index (κ3) is 4.75. The molecule has 0 radical (unpaired) electrons. The van der Waals surface area contributed by atoms with Crippen LogP contribution in [0.15, 0.2) is 18.2 Å². The Hall–Kier alpha value is -0.480. The van der Waals surface area contributed by atoms with Gasteiger partial charge in [0.2, 0.25) is 0 Å². The number of aliphatic hydroxyl groups is 1. The van der Waals surface area contributed by atoms with Gasteiger partial charge in [-0.15, -0.1) is 0 Å². The summed E-state index contributed by atoms with van der Waals surface area (Å²) in [5.41, 5.74) is 0. The van der Waals surface area contributed by atoms with E-state index in [4.69, 9.17) is 27.9 Å². The maximum absolute atomic E-state index is 10.2. The van der Waals surface area contributed by atoms with Crippen LogP contribution in [-0.2, 0) is 0 Å². The van der Waals surface area contributed by atoms with E-state index in [0.29, 0.717) is 34.4 Å². The van der Waals surface area contributed by atoms with Gasteiger partial charge in [-0.05, 0) is 44.9 Å². The average Bonchev–Trinajstić information content (AvgIpc) is 2.42. The maximum Gasteiger partial charge on any atom is 0.138 e. The molecule has 0 aromatic heterocycles. The molecule has 0 unspecified atom stereocenters. The molecule has 3 nitrogen and oxygen atoms in total. The highest BCUT2D eigenvalue weighted by atomic mass is 35.5. The van der Waals surface area contributed by atoms with E-state index < -0.39 is 6.10 Å². The predicted molar refractivity (Wildman–Crippen MR) is 87.4 cm³/mol. The van der Waals surface area contributed by atoms with E-state index in [1.807, 2.05) is 0 Å². The molecule has 3 atom stereocenters. The molecule has 1 heterocycles. The van der Waals surface area contributed by atoms with Crippen LogP contribution in [0.5, 0.6) is 5.75 Å². The number of β-amino-alcohol motifs (C(OH)–C–C–N with tert-alkyl or cyclic N) is 1. The number of rotatable bonds is 5. The normalized spacial score (nSPS) is 24.8. The summed E-state index contributed by atoms with van der Waals surface area (Å²) in [4.78, 5) is 2.36. The summed E-state index contributed by atoms with van der Waals surface area (Å²) in [7, 11) is 0. The molecule has 0 spiro atoms. The van der Waals surface area contributed by atoms with Gasteiger partial charge in [0.05, 0.1) is 5.02 Å². The molecule has 0 amide bonds. The summed E-state index contributed by atoms with van der Waals surface area (Å²) in [6.07, 6.45) is 3.13. The minimum absolute atomic E-state index is 0.233. The van der Waals surface area contributed by atoms with Crippen molar-refractivity contribution in [3.63, 3.8) is 0 Å². The molecule has 2 rings (SSSR count). The van der Waals surface area contributed by atoms with Gasteiger partial charge in [0, 0.05) is 23.7 Å². The molecule has 118 valence electrons. The highest BCUT2D eigenvalue weighted by Crippen LogP contribution is 2.28. The van der Waals surface area contributed by atoms with Crippen LogP contribution in [0.2, 0.25) is 10.0 Å². The number of likely N-dealkylation sites (tertiary alicyclic amines) is 1. The van der Waals surface area contributed by atoms with Gasteiger partial charge in [0.25, 0.3) is 0 Å². The molecule has 21 heavy (non-hydrogen) atoms. The van der Waals surface area contributed by atoms with Crippen molar-refractivity contribution in [2.75, 3.05) is 13.2 Å². The zero-order valence-electron chi connectivity index (χ0n) is 12.6. The second kappa shape index (κ2) is 7.68. The van der Waals surface area contributed by atoms with Crippen molar-refractivity contribution < 1.29 is 9.84 Å².